The molecule has 2 saturated heterocycles. The van der Waals surface area contributed by atoms with Gasteiger partial charge in [0.2, 0.25) is 0 Å². The summed E-state index contributed by atoms with van der Waals surface area (Å²) in [6.07, 6.45) is 3.03. The van der Waals surface area contributed by atoms with E-state index in [4.69, 9.17) is 18.9 Å². The lowest BCUT2D eigenvalue weighted by atomic mass is 10.1. The van der Waals surface area contributed by atoms with Crippen LogP contribution < -0.4 is 0 Å². The van der Waals surface area contributed by atoms with Crippen LogP contribution in [0.4, 0.5) is 0 Å². The zero-order valence-corrected chi connectivity index (χ0v) is 11.7. The summed E-state index contributed by atoms with van der Waals surface area (Å²) in [5.41, 5.74) is 0. The van der Waals surface area contributed by atoms with Crippen molar-refractivity contribution in [1.82, 2.24) is 0 Å². The number of hydrogen-bond acceptors (Lipinski definition) is 6. The number of esters is 2. The van der Waals surface area contributed by atoms with Gasteiger partial charge in [-0.25, -0.2) is 0 Å². The second-order valence-electron chi connectivity index (χ2n) is 5.11. The van der Waals surface area contributed by atoms with Crippen LogP contribution in [0.25, 0.3) is 0 Å². The van der Waals surface area contributed by atoms with Crippen LogP contribution in [0, 0.1) is 11.8 Å². The summed E-state index contributed by atoms with van der Waals surface area (Å²) in [4.78, 5) is 22.4. The minimum atomic E-state index is -0.103. The molecule has 0 aromatic rings. The quantitative estimate of drug-likeness (QED) is 0.464. The Morgan fingerprint density at radius 1 is 0.800 bits per heavy atom. The summed E-state index contributed by atoms with van der Waals surface area (Å²) in [6, 6.07) is 0. The third kappa shape index (κ3) is 4.76. The monoisotopic (exact) mass is 286 g/mol. The summed E-state index contributed by atoms with van der Waals surface area (Å²) < 4.78 is 20.6. The third-order valence-corrected chi connectivity index (χ3v) is 3.68. The van der Waals surface area contributed by atoms with Crippen LogP contribution in [-0.2, 0) is 28.5 Å². The van der Waals surface area contributed by atoms with E-state index in [2.05, 4.69) is 0 Å². The molecule has 6 heteroatoms. The van der Waals surface area contributed by atoms with Crippen molar-refractivity contribution < 1.29 is 28.5 Å². The van der Waals surface area contributed by atoms with Gasteiger partial charge in [0.15, 0.2) is 0 Å². The normalized spacial score (nSPS) is 25.8. The van der Waals surface area contributed by atoms with Gasteiger partial charge in [-0.15, -0.1) is 0 Å². The lowest BCUT2D eigenvalue weighted by Crippen LogP contribution is -2.14. The van der Waals surface area contributed by atoms with Gasteiger partial charge in [0, 0.05) is 13.2 Å². The van der Waals surface area contributed by atoms with Crippen molar-refractivity contribution in [3.63, 3.8) is 0 Å². The second kappa shape index (κ2) is 8.21. The maximum absolute atomic E-state index is 11.2. The second-order valence-corrected chi connectivity index (χ2v) is 5.11. The lowest BCUT2D eigenvalue weighted by molar-refractivity contribution is -0.142. The van der Waals surface area contributed by atoms with E-state index in [9.17, 15) is 9.59 Å². The molecule has 0 aliphatic carbocycles. The molecule has 2 aliphatic rings. The minimum absolute atomic E-state index is 0.00398. The van der Waals surface area contributed by atoms with Gasteiger partial charge in [0.1, 0.15) is 0 Å². The van der Waals surface area contributed by atoms with Crippen LogP contribution in [0.1, 0.15) is 25.7 Å². The molecule has 6 nitrogen and oxygen atoms in total. The Bertz CT molecular complexity index is 298. The molecule has 0 spiro atoms. The van der Waals surface area contributed by atoms with Gasteiger partial charge in [-0.05, 0) is 25.7 Å². The predicted molar refractivity (Wildman–Crippen MR) is 69.0 cm³/mol. The fourth-order valence-electron chi connectivity index (χ4n) is 2.37. The average Bonchev–Trinajstić information content (AvgIpc) is 3.02. The lowest BCUT2D eigenvalue weighted by Gasteiger charge is -2.08. The SMILES string of the molecule is O=C1OCCC1CCOCCOCCC1CCOC1=O. The molecule has 0 saturated carbocycles. The van der Waals surface area contributed by atoms with E-state index in [1.807, 2.05) is 0 Å². The van der Waals surface area contributed by atoms with Crippen molar-refractivity contribution in [3.05, 3.63) is 0 Å². The van der Waals surface area contributed by atoms with E-state index < -0.39 is 0 Å². The van der Waals surface area contributed by atoms with Gasteiger partial charge in [0.25, 0.3) is 0 Å². The number of ether oxygens (including phenoxy) is 4. The molecular formula is C14H22O6. The highest BCUT2D eigenvalue weighted by atomic mass is 16.5. The highest BCUT2D eigenvalue weighted by Gasteiger charge is 2.26. The fraction of sp³-hybridized carbons (Fsp3) is 0.857. The predicted octanol–water partition coefficient (Wildman–Crippen LogP) is 0.926. The summed E-state index contributed by atoms with van der Waals surface area (Å²) in [7, 11) is 0. The highest BCUT2D eigenvalue weighted by Crippen LogP contribution is 2.18. The molecule has 0 amide bonds. The number of rotatable bonds is 9. The van der Waals surface area contributed by atoms with Crippen molar-refractivity contribution in [2.75, 3.05) is 39.6 Å². The molecule has 2 heterocycles. The van der Waals surface area contributed by atoms with Gasteiger partial charge < -0.3 is 18.9 Å². The van der Waals surface area contributed by atoms with E-state index >= 15 is 0 Å². The Morgan fingerprint density at radius 2 is 1.25 bits per heavy atom. The molecule has 2 fully saturated rings. The first-order chi connectivity index (χ1) is 9.77. The van der Waals surface area contributed by atoms with Gasteiger partial charge in [-0.3, -0.25) is 9.59 Å². The van der Waals surface area contributed by atoms with Crippen LogP contribution in [0.2, 0.25) is 0 Å². The van der Waals surface area contributed by atoms with Crippen molar-refractivity contribution in [1.29, 1.82) is 0 Å². The topological polar surface area (TPSA) is 71.1 Å². The Morgan fingerprint density at radius 3 is 1.60 bits per heavy atom. The molecule has 0 radical (unpaired) electrons. The van der Waals surface area contributed by atoms with Crippen molar-refractivity contribution in [3.8, 4) is 0 Å². The van der Waals surface area contributed by atoms with E-state index in [-0.39, 0.29) is 23.8 Å². The van der Waals surface area contributed by atoms with E-state index in [1.165, 1.54) is 0 Å². The molecule has 0 N–H and O–H groups in total. The first kappa shape index (κ1) is 15.3. The Kier molecular flexibility index (Phi) is 6.26. The number of carbonyl (C=O) groups excluding carboxylic acids is 2. The molecule has 114 valence electrons. The molecule has 2 rings (SSSR count). The Hall–Kier alpha value is -1.14. The van der Waals surface area contributed by atoms with Crippen LogP contribution in [0.5, 0.6) is 0 Å². The molecule has 0 bridgehead atoms. The molecule has 2 atom stereocenters. The van der Waals surface area contributed by atoms with Crippen LogP contribution >= 0.6 is 0 Å². The first-order valence-corrected chi connectivity index (χ1v) is 7.26. The van der Waals surface area contributed by atoms with Gasteiger partial charge in [-0.1, -0.05) is 0 Å². The van der Waals surface area contributed by atoms with Gasteiger partial charge in [-0.2, -0.15) is 0 Å². The zero-order valence-electron chi connectivity index (χ0n) is 11.7. The Balaban J connectivity index is 1.38. The molecule has 20 heavy (non-hydrogen) atoms. The van der Waals surface area contributed by atoms with Crippen LogP contribution in [-0.4, -0.2) is 51.6 Å². The first-order valence-electron chi connectivity index (χ1n) is 7.26. The zero-order chi connectivity index (χ0) is 14.2. The van der Waals surface area contributed by atoms with Crippen LogP contribution in [0.3, 0.4) is 0 Å². The standard InChI is InChI=1S/C14H22O6/c15-13-11(3-7-19-13)1-5-17-9-10-18-6-2-12-4-8-20-14(12)16/h11-12H,1-10H2. The van der Waals surface area contributed by atoms with Gasteiger partial charge >= 0.3 is 11.9 Å². The number of hydrogen-bond donors (Lipinski definition) is 0. The minimum Gasteiger partial charge on any atom is -0.465 e. The average molecular weight is 286 g/mol. The summed E-state index contributed by atoms with van der Waals surface area (Å²) in [6.45, 7) is 3.20. The third-order valence-electron chi connectivity index (χ3n) is 3.68. The molecule has 2 unspecified atom stereocenters. The summed E-state index contributed by atoms with van der Waals surface area (Å²) in [5.74, 6) is -0.199. The van der Waals surface area contributed by atoms with E-state index in [1.54, 1.807) is 0 Å². The van der Waals surface area contributed by atoms with Crippen molar-refractivity contribution in [2.24, 2.45) is 11.8 Å². The summed E-state index contributed by atoms with van der Waals surface area (Å²) >= 11 is 0. The van der Waals surface area contributed by atoms with E-state index in [0.717, 1.165) is 12.8 Å². The highest BCUT2D eigenvalue weighted by molar-refractivity contribution is 5.74. The van der Waals surface area contributed by atoms with Crippen molar-refractivity contribution >= 4 is 11.9 Å². The molecule has 0 aromatic carbocycles. The maximum Gasteiger partial charge on any atom is 0.309 e. The maximum atomic E-state index is 11.2. The molecular weight excluding hydrogens is 264 g/mol. The number of carbonyl (C=O) groups is 2. The molecule has 2 aliphatic heterocycles. The number of cyclic esters (lactones) is 2. The Labute approximate surface area is 118 Å². The van der Waals surface area contributed by atoms with Crippen LogP contribution in [0.15, 0.2) is 0 Å². The summed E-state index contributed by atoms with van der Waals surface area (Å²) in [5, 5.41) is 0. The smallest absolute Gasteiger partial charge is 0.309 e. The fourth-order valence-corrected chi connectivity index (χ4v) is 2.37. The van der Waals surface area contributed by atoms with E-state index in [0.29, 0.717) is 52.5 Å². The largest absolute Gasteiger partial charge is 0.465 e. The van der Waals surface area contributed by atoms with Crippen molar-refractivity contribution in [2.45, 2.75) is 25.7 Å². The molecule has 0 aromatic heterocycles. The van der Waals surface area contributed by atoms with Gasteiger partial charge in [0.05, 0.1) is 38.3 Å².